The van der Waals surface area contributed by atoms with Crippen molar-refractivity contribution in [2.24, 2.45) is 0 Å². The Morgan fingerprint density at radius 1 is 0.529 bits per heavy atom. The minimum atomic E-state index is -0.953. The number of aromatic hydroxyl groups is 1. The Kier molecular flexibility index (Phi) is 13.7. The number of hydrogen-bond donors (Lipinski definition) is 1. The van der Waals surface area contributed by atoms with E-state index in [9.17, 15) is 6.48 Å². The van der Waals surface area contributed by atoms with E-state index in [1.807, 2.05) is 20.0 Å². The van der Waals surface area contributed by atoms with E-state index in [0.717, 1.165) is 83.6 Å². The van der Waals surface area contributed by atoms with Crippen molar-refractivity contribution >= 4 is 11.0 Å². The van der Waals surface area contributed by atoms with Gasteiger partial charge >= 0.3 is 0 Å². The molecule has 8 aromatic rings. The number of phenols is 1. The van der Waals surface area contributed by atoms with Crippen LogP contribution in [0, 0.1) is 6.07 Å². The van der Waals surface area contributed by atoms with Crippen molar-refractivity contribution in [2.75, 3.05) is 0 Å². The number of imidazole rings is 1. The van der Waals surface area contributed by atoms with E-state index in [-0.39, 0.29) is 53.9 Å². The predicted octanol–water partition coefficient (Wildman–Crippen LogP) is 17.9. The number of para-hydroxylation sites is 1. The average molecular weight is 1110 g/mol. The molecular formula is C65H74N3OPt-. The molecule has 0 bridgehead atoms. The average Bonchev–Trinajstić information content (AvgIpc) is 3.66. The number of phenolic OH excluding ortho intramolecular Hbond substituents is 1. The Hall–Kier alpha value is -5.57. The number of hydrogen-bond acceptors (Lipinski definition) is 3. The normalized spacial score (nSPS) is 13.1. The Morgan fingerprint density at radius 2 is 1.13 bits per heavy atom. The van der Waals surface area contributed by atoms with Crippen LogP contribution in [0.2, 0.25) is 0 Å². The molecule has 0 saturated carbocycles. The van der Waals surface area contributed by atoms with Crippen LogP contribution < -0.4 is 0 Å². The van der Waals surface area contributed by atoms with E-state index < -0.39 is 5.89 Å². The zero-order chi connectivity index (χ0) is 51.1. The van der Waals surface area contributed by atoms with Crippen LogP contribution in [0.5, 0.6) is 5.75 Å². The largest absolute Gasteiger partial charge is 0.507 e. The number of nitrogens with zero attached hydrogens (tertiary/aromatic N) is 3. The fourth-order valence-electron chi connectivity index (χ4n) is 9.47. The Bertz CT molecular complexity index is 3260. The summed E-state index contributed by atoms with van der Waals surface area (Å²) in [6.07, 6.45) is 1.90. The summed E-state index contributed by atoms with van der Waals surface area (Å²) in [6.45, 7) is 37.3. The van der Waals surface area contributed by atoms with Gasteiger partial charge in [-0.3, -0.25) is 9.55 Å². The van der Waals surface area contributed by atoms with Gasteiger partial charge in [0.05, 0.1) is 16.6 Å². The second kappa shape index (κ2) is 18.9. The van der Waals surface area contributed by atoms with Crippen LogP contribution in [-0.4, -0.2) is 19.6 Å². The zero-order valence-corrected chi connectivity index (χ0v) is 47.0. The maximum absolute atomic E-state index is 12.6. The third kappa shape index (κ3) is 10.4. The molecule has 6 aromatic carbocycles. The maximum Gasteiger partial charge on any atom is 0.148 e. The number of pyridine rings is 1. The summed E-state index contributed by atoms with van der Waals surface area (Å²) in [5.74, 6) is -0.101. The van der Waals surface area contributed by atoms with Crippen molar-refractivity contribution in [1.82, 2.24) is 14.5 Å². The molecule has 0 saturated heterocycles. The first-order valence-electron chi connectivity index (χ1n) is 25.2. The quantitative estimate of drug-likeness (QED) is 0.162. The number of benzene rings is 6. The van der Waals surface area contributed by atoms with Crippen LogP contribution in [-0.2, 0) is 48.1 Å². The third-order valence-electron chi connectivity index (χ3n) is 13.7. The van der Waals surface area contributed by atoms with Gasteiger partial charge in [-0.15, -0.1) is 29.3 Å². The molecule has 0 spiro atoms. The Morgan fingerprint density at radius 3 is 1.74 bits per heavy atom. The molecule has 4 nitrogen and oxygen atoms in total. The van der Waals surface area contributed by atoms with Crippen LogP contribution in [0.1, 0.15) is 158 Å². The van der Waals surface area contributed by atoms with E-state index in [1.165, 1.54) is 11.1 Å². The predicted molar refractivity (Wildman–Crippen MR) is 294 cm³/mol. The summed E-state index contributed by atoms with van der Waals surface area (Å²) >= 11 is 0. The van der Waals surface area contributed by atoms with Crippen molar-refractivity contribution in [2.45, 2.75) is 151 Å². The van der Waals surface area contributed by atoms with E-state index in [1.54, 1.807) is 0 Å². The topological polar surface area (TPSA) is 50.9 Å². The zero-order valence-electron chi connectivity index (χ0n) is 45.7. The molecular weight excluding hydrogens is 1030 g/mol. The number of fused-ring (bicyclic) bond motifs is 1. The minimum absolute atomic E-state index is 0. The fraction of sp³-hybridized carbons (Fsp3) is 0.354. The Balaban J connectivity index is 0.00000741. The van der Waals surface area contributed by atoms with Gasteiger partial charge < -0.3 is 5.11 Å². The molecule has 0 fully saturated rings. The molecule has 0 amide bonds. The first-order valence-corrected chi connectivity index (χ1v) is 24.7. The van der Waals surface area contributed by atoms with Crippen molar-refractivity contribution in [3.05, 3.63) is 167 Å². The first kappa shape index (κ1) is 50.8. The SMILES string of the molecule is [2H]C(C)(C)c1cc(-n2c(-c3cc(C(C)(C)C)cc(C(C)(C)C)c3O)nc3c(-c4[c-]c(-c5cc(-c6ccc(C(C)(C)C)cc6)ccn5)cc(C(C)(C)C)c4)cccc32)ccc1-c1ccccc1C(C)(C)C.[Pt]. The molecule has 0 aliphatic carbocycles. The van der Waals surface area contributed by atoms with Crippen LogP contribution in [0.25, 0.3) is 72.7 Å². The van der Waals surface area contributed by atoms with E-state index >= 15 is 0 Å². The van der Waals surface area contributed by atoms with E-state index in [2.05, 4.69) is 236 Å². The summed E-state index contributed by atoms with van der Waals surface area (Å²) in [6, 6.07) is 47.3. The van der Waals surface area contributed by atoms with Crippen molar-refractivity contribution in [3.63, 3.8) is 0 Å². The molecule has 0 radical (unpaired) electrons. The van der Waals surface area contributed by atoms with Crippen LogP contribution in [0.15, 0.2) is 128 Å². The summed E-state index contributed by atoms with van der Waals surface area (Å²) in [5.41, 5.74) is 17.0. The van der Waals surface area contributed by atoms with Gasteiger partial charge in [0.1, 0.15) is 11.6 Å². The molecule has 2 heterocycles. The van der Waals surface area contributed by atoms with Gasteiger partial charge in [0, 0.05) is 45.6 Å². The summed E-state index contributed by atoms with van der Waals surface area (Å²) in [5, 5.41) is 12.6. The standard InChI is InChI=1S/C65H74N3O.Pt/c1-40(2)52-39-48(29-30-50(52)51-21-18-19-23-54(51)64(12,13)14)68-57-24-20-22-49(58(57)67-60(68)53-37-47(63(9,10)11)38-55(59(53)69)65(15,16)17)43-33-44(35-46(34-43)62(6,7)8)56-36-42(31-32-66-56)41-25-27-45(28-26-41)61(3,4)5;/h18-32,34-40,69H,1-17H3;/q-1;/i40D;. The van der Waals surface area contributed by atoms with Crippen LogP contribution >= 0.6 is 0 Å². The molecule has 0 atom stereocenters. The molecule has 5 heteroatoms. The van der Waals surface area contributed by atoms with Gasteiger partial charge in [-0.1, -0.05) is 208 Å². The third-order valence-corrected chi connectivity index (χ3v) is 13.7. The van der Waals surface area contributed by atoms with Crippen molar-refractivity contribution < 1.29 is 27.5 Å². The van der Waals surface area contributed by atoms with Gasteiger partial charge in [-0.25, -0.2) is 4.98 Å². The smallest absolute Gasteiger partial charge is 0.148 e. The molecule has 1 N–H and O–H groups in total. The van der Waals surface area contributed by atoms with E-state index in [0.29, 0.717) is 11.4 Å². The fourth-order valence-corrected chi connectivity index (χ4v) is 9.47. The summed E-state index contributed by atoms with van der Waals surface area (Å²) < 4.78 is 11.8. The number of rotatable bonds is 7. The van der Waals surface area contributed by atoms with Gasteiger partial charge in [-0.2, -0.15) is 0 Å². The van der Waals surface area contributed by atoms with E-state index in [4.69, 9.17) is 9.97 Å². The molecule has 8 rings (SSSR count). The van der Waals surface area contributed by atoms with Gasteiger partial charge in [-0.05, 0) is 108 Å². The van der Waals surface area contributed by atoms with Gasteiger partial charge in [0.2, 0.25) is 0 Å². The second-order valence-corrected chi connectivity index (χ2v) is 24.6. The summed E-state index contributed by atoms with van der Waals surface area (Å²) in [7, 11) is 0. The second-order valence-electron chi connectivity index (χ2n) is 24.6. The first-order chi connectivity index (χ1) is 32.4. The Labute approximate surface area is 435 Å². The minimum Gasteiger partial charge on any atom is -0.507 e. The van der Waals surface area contributed by atoms with Crippen molar-refractivity contribution in [3.8, 4) is 67.5 Å². The van der Waals surface area contributed by atoms with Crippen LogP contribution in [0.4, 0.5) is 0 Å². The molecule has 0 aliphatic rings. The molecule has 70 heavy (non-hydrogen) atoms. The summed E-state index contributed by atoms with van der Waals surface area (Å²) in [4.78, 5) is 10.6. The van der Waals surface area contributed by atoms with Gasteiger partial charge in [0.15, 0.2) is 0 Å². The maximum atomic E-state index is 12.6. The molecule has 0 aliphatic heterocycles. The monoisotopic (exact) mass is 1110 g/mol. The van der Waals surface area contributed by atoms with Gasteiger partial charge in [0.25, 0.3) is 0 Å². The molecule has 0 unspecified atom stereocenters. The number of aromatic nitrogens is 3. The van der Waals surface area contributed by atoms with Crippen LogP contribution in [0.3, 0.4) is 0 Å². The van der Waals surface area contributed by atoms with Crippen molar-refractivity contribution in [1.29, 1.82) is 0 Å². The molecule has 2 aromatic heterocycles. The molecule has 366 valence electrons.